The molecule has 0 aliphatic carbocycles. The molecule has 3 aromatic rings. The maximum Gasteiger partial charge on any atom is 0.337 e. The summed E-state index contributed by atoms with van der Waals surface area (Å²) in [5, 5.41) is 5.63. The second kappa shape index (κ2) is 12.3. The van der Waals surface area contributed by atoms with Gasteiger partial charge in [0.1, 0.15) is 0 Å². The number of carbonyl (C=O) groups excluding carboxylic acids is 3. The molecule has 3 rings (SSSR count). The molecule has 0 saturated carbocycles. The minimum Gasteiger partial charge on any atom is -0.465 e. The second-order valence-electron chi connectivity index (χ2n) is 7.36. The van der Waals surface area contributed by atoms with Crippen molar-refractivity contribution in [3.05, 3.63) is 95.1 Å². The maximum atomic E-state index is 12.3. The fourth-order valence-corrected chi connectivity index (χ4v) is 3.55. The van der Waals surface area contributed by atoms with Crippen LogP contribution in [0.15, 0.2) is 72.8 Å². The van der Waals surface area contributed by atoms with Crippen molar-refractivity contribution in [1.82, 2.24) is 0 Å². The van der Waals surface area contributed by atoms with Crippen LogP contribution < -0.4 is 10.6 Å². The van der Waals surface area contributed by atoms with Crippen molar-refractivity contribution >= 4 is 40.9 Å². The number of rotatable bonds is 7. The highest BCUT2D eigenvalue weighted by Crippen LogP contribution is 2.13. The van der Waals surface area contributed by atoms with Gasteiger partial charge < -0.3 is 15.4 Å². The molecule has 34 heavy (non-hydrogen) atoms. The molecule has 7 heteroatoms. The van der Waals surface area contributed by atoms with Crippen molar-refractivity contribution in [2.24, 2.45) is 0 Å². The van der Waals surface area contributed by atoms with Gasteiger partial charge in [0.05, 0.1) is 24.2 Å². The van der Waals surface area contributed by atoms with E-state index in [2.05, 4.69) is 22.5 Å². The van der Waals surface area contributed by atoms with Gasteiger partial charge in [0, 0.05) is 22.5 Å². The lowest BCUT2D eigenvalue weighted by Gasteiger charge is -2.07. The summed E-state index contributed by atoms with van der Waals surface area (Å²) in [6.45, 7) is 1.98. The van der Waals surface area contributed by atoms with Gasteiger partial charge in [-0.2, -0.15) is 0 Å². The first kappa shape index (κ1) is 24.6. The number of methoxy groups -OCH3 is 1. The van der Waals surface area contributed by atoms with Crippen LogP contribution in [-0.4, -0.2) is 36.4 Å². The molecule has 0 aliphatic rings. The van der Waals surface area contributed by atoms with Crippen LogP contribution in [0, 0.1) is 18.8 Å². The largest absolute Gasteiger partial charge is 0.465 e. The molecule has 0 saturated heterocycles. The molecule has 0 atom stereocenters. The van der Waals surface area contributed by atoms with E-state index in [4.69, 9.17) is 4.74 Å². The van der Waals surface area contributed by atoms with Crippen LogP contribution in [0.1, 0.15) is 27.0 Å². The van der Waals surface area contributed by atoms with Gasteiger partial charge in [0.25, 0.3) is 0 Å². The quantitative estimate of drug-likeness (QED) is 0.391. The zero-order chi connectivity index (χ0) is 24.3. The van der Waals surface area contributed by atoms with Crippen molar-refractivity contribution in [2.45, 2.75) is 6.92 Å². The molecule has 0 fully saturated rings. The molecule has 0 bridgehead atoms. The molecule has 6 nitrogen and oxygen atoms in total. The Balaban J connectivity index is 1.50. The van der Waals surface area contributed by atoms with Crippen LogP contribution in [0.5, 0.6) is 0 Å². The van der Waals surface area contributed by atoms with Crippen molar-refractivity contribution in [3.63, 3.8) is 0 Å². The van der Waals surface area contributed by atoms with Crippen LogP contribution in [0.4, 0.5) is 11.4 Å². The number of esters is 1. The van der Waals surface area contributed by atoms with E-state index < -0.39 is 5.97 Å². The second-order valence-corrected chi connectivity index (χ2v) is 8.34. The van der Waals surface area contributed by atoms with E-state index in [1.165, 1.54) is 18.9 Å². The number of nitrogens with one attached hydrogen (secondary N) is 2. The smallest absolute Gasteiger partial charge is 0.337 e. The van der Waals surface area contributed by atoms with Gasteiger partial charge in [-0.15, -0.1) is 11.8 Å². The fourth-order valence-electron chi connectivity index (χ4n) is 2.93. The number of hydrogen-bond donors (Lipinski definition) is 2. The third kappa shape index (κ3) is 7.84. The standard InChI is InChI=1S/C27H24N2O4S/c1-19-9-13-23(14-10-19)28-25(30)17-34-18-26(31)29-24-8-4-6-21(16-24)12-11-20-5-3-7-22(15-20)27(32)33-2/h3-10,13-16H,17-18H2,1-2H3,(H,28,30)(H,29,31). The maximum absolute atomic E-state index is 12.3. The van der Waals surface area contributed by atoms with E-state index in [-0.39, 0.29) is 23.3 Å². The molecule has 0 unspecified atom stereocenters. The zero-order valence-electron chi connectivity index (χ0n) is 18.9. The number of aryl methyl sites for hydroxylation is 1. The molecule has 0 spiro atoms. The van der Waals surface area contributed by atoms with Gasteiger partial charge in [-0.1, -0.05) is 41.7 Å². The fraction of sp³-hybridized carbons (Fsp3) is 0.148. The van der Waals surface area contributed by atoms with Gasteiger partial charge in [0.15, 0.2) is 0 Å². The van der Waals surface area contributed by atoms with Crippen LogP contribution in [0.2, 0.25) is 0 Å². The zero-order valence-corrected chi connectivity index (χ0v) is 19.7. The van der Waals surface area contributed by atoms with E-state index in [1.807, 2.05) is 37.3 Å². The van der Waals surface area contributed by atoms with Crippen LogP contribution >= 0.6 is 11.8 Å². The Hall–Kier alpha value is -4.02. The predicted octanol–water partition coefficient (Wildman–Crippen LogP) is 4.49. The van der Waals surface area contributed by atoms with E-state index >= 15 is 0 Å². The third-order valence-corrected chi connectivity index (χ3v) is 5.52. The summed E-state index contributed by atoms with van der Waals surface area (Å²) in [4.78, 5) is 36.0. The van der Waals surface area contributed by atoms with Gasteiger partial charge in [-0.25, -0.2) is 4.79 Å². The van der Waals surface area contributed by atoms with Crippen LogP contribution in [0.3, 0.4) is 0 Å². The summed E-state index contributed by atoms with van der Waals surface area (Å²) in [5.74, 6) is 5.59. The Morgan fingerprint density at radius 2 is 1.38 bits per heavy atom. The van der Waals surface area contributed by atoms with E-state index in [0.717, 1.165) is 11.3 Å². The molecule has 0 aromatic heterocycles. The Kier molecular flexibility index (Phi) is 8.89. The molecule has 2 N–H and O–H groups in total. The van der Waals surface area contributed by atoms with Crippen molar-refractivity contribution in [1.29, 1.82) is 0 Å². The highest BCUT2D eigenvalue weighted by atomic mass is 32.2. The number of amides is 2. The lowest BCUT2D eigenvalue weighted by Crippen LogP contribution is -2.18. The van der Waals surface area contributed by atoms with Crippen molar-refractivity contribution < 1.29 is 19.1 Å². The molecule has 0 radical (unpaired) electrons. The summed E-state index contributed by atoms with van der Waals surface area (Å²) in [7, 11) is 1.33. The highest BCUT2D eigenvalue weighted by molar-refractivity contribution is 8.00. The minimum absolute atomic E-state index is 0.150. The minimum atomic E-state index is -0.418. The summed E-state index contributed by atoms with van der Waals surface area (Å²) in [6.07, 6.45) is 0. The third-order valence-electron chi connectivity index (χ3n) is 4.58. The SMILES string of the molecule is COC(=O)c1cccc(C#Cc2cccc(NC(=O)CSCC(=O)Nc3ccc(C)cc3)c2)c1. The van der Waals surface area contributed by atoms with Crippen molar-refractivity contribution in [2.75, 3.05) is 29.2 Å². The molecule has 0 aliphatic heterocycles. The van der Waals surface area contributed by atoms with E-state index in [9.17, 15) is 14.4 Å². The lowest BCUT2D eigenvalue weighted by molar-refractivity contribution is -0.114. The normalized spacial score (nSPS) is 9.94. The predicted molar refractivity (Wildman–Crippen MR) is 136 cm³/mol. The van der Waals surface area contributed by atoms with Crippen LogP contribution in [-0.2, 0) is 14.3 Å². The van der Waals surface area contributed by atoms with Crippen molar-refractivity contribution in [3.8, 4) is 11.8 Å². The lowest BCUT2D eigenvalue weighted by atomic mass is 10.1. The number of benzene rings is 3. The number of anilines is 2. The average molecular weight is 473 g/mol. The Morgan fingerprint density at radius 3 is 2.03 bits per heavy atom. The Labute approximate surface area is 203 Å². The molecule has 172 valence electrons. The van der Waals surface area contributed by atoms with E-state index in [1.54, 1.807) is 42.5 Å². The molecular weight excluding hydrogens is 448 g/mol. The Bertz CT molecular complexity index is 1240. The first-order chi connectivity index (χ1) is 16.4. The van der Waals surface area contributed by atoms with Gasteiger partial charge >= 0.3 is 5.97 Å². The summed E-state index contributed by atoms with van der Waals surface area (Å²) in [6, 6.07) is 21.6. The molecular formula is C27H24N2O4S. The number of ether oxygens (including phenoxy) is 1. The Morgan fingerprint density at radius 1 is 0.794 bits per heavy atom. The summed E-state index contributed by atoms with van der Waals surface area (Å²) < 4.78 is 4.73. The first-order valence-corrected chi connectivity index (χ1v) is 11.6. The van der Waals surface area contributed by atoms with Gasteiger partial charge in [0.2, 0.25) is 11.8 Å². The van der Waals surface area contributed by atoms with E-state index in [0.29, 0.717) is 22.4 Å². The van der Waals surface area contributed by atoms with Gasteiger partial charge in [-0.3, -0.25) is 9.59 Å². The molecule has 0 heterocycles. The summed E-state index contributed by atoms with van der Waals surface area (Å²) in [5.41, 5.74) is 4.29. The molecule has 2 amide bonds. The number of thioether (sulfide) groups is 1. The highest BCUT2D eigenvalue weighted by Gasteiger charge is 2.07. The number of carbonyl (C=O) groups is 3. The molecule has 3 aromatic carbocycles. The average Bonchev–Trinajstić information content (AvgIpc) is 2.84. The summed E-state index contributed by atoms with van der Waals surface area (Å²) >= 11 is 1.24. The van der Waals surface area contributed by atoms with Gasteiger partial charge in [-0.05, 0) is 55.5 Å². The number of hydrogen-bond acceptors (Lipinski definition) is 5. The topological polar surface area (TPSA) is 84.5 Å². The first-order valence-electron chi connectivity index (χ1n) is 10.5. The van der Waals surface area contributed by atoms with Crippen LogP contribution in [0.25, 0.3) is 0 Å². The monoisotopic (exact) mass is 472 g/mol.